The van der Waals surface area contributed by atoms with Gasteiger partial charge in [-0.05, 0) is 12.1 Å². The molecule has 12 nitrogen and oxygen atoms in total. The zero-order chi connectivity index (χ0) is 18.8. The van der Waals surface area contributed by atoms with Crippen molar-refractivity contribution in [1.82, 2.24) is 0 Å². The van der Waals surface area contributed by atoms with Gasteiger partial charge in [0.15, 0.2) is 0 Å². The van der Waals surface area contributed by atoms with Crippen molar-refractivity contribution in [3.05, 3.63) is 34.4 Å². The maximum atomic E-state index is 10.7. The van der Waals surface area contributed by atoms with Crippen molar-refractivity contribution >= 4 is 13.5 Å². The van der Waals surface area contributed by atoms with Crippen molar-refractivity contribution in [3.63, 3.8) is 0 Å². The van der Waals surface area contributed by atoms with Crippen LogP contribution in [0.3, 0.4) is 0 Å². The molecule has 1 aromatic rings. The molecule has 0 aromatic heterocycles. The fourth-order valence-corrected chi connectivity index (χ4v) is 2.44. The van der Waals surface area contributed by atoms with Crippen LogP contribution in [0, 0.1) is 10.1 Å². The number of aliphatic hydroxyl groups is 3. The molecular formula is C12H16NO11P. The van der Waals surface area contributed by atoms with Crippen LogP contribution in [0.2, 0.25) is 0 Å². The minimum atomic E-state index is -4.84. The average Bonchev–Trinajstić information content (AvgIpc) is 2.54. The van der Waals surface area contributed by atoms with Gasteiger partial charge in [0, 0.05) is 12.1 Å². The largest absolute Gasteiger partial charge is 0.469 e. The van der Waals surface area contributed by atoms with Gasteiger partial charge in [-0.2, -0.15) is 0 Å². The highest BCUT2D eigenvalue weighted by molar-refractivity contribution is 7.46. The van der Waals surface area contributed by atoms with Crippen molar-refractivity contribution in [2.24, 2.45) is 0 Å². The van der Waals surface area contributed by atoms with Gasteiger partial charge in [0.05, 0.1) is 11.5 Å². The number of aliphatic hydroxyl groups excluding tert-OH is 3. The maximum Gasteiger partial charge on any atom is 0.469 e. The number of nitro groups is 1. The van der Waals surface area contributed by atoms with Crippen LogP contribution in [0.25, 0.3) is 0 Å². The third kappa shape index (κ3) is 5.17. The first-order valence-corrected chi connectivity index (χ1v) is 8.42. The van der Waals surface area contributed by atoms with E-state index in [9.17, 15) is 30.0 Å². The fraction of sp³-hybridized carbons (Fsp3) is 0.500. The van der Waals surface area contributed by atoms with Crippen molar-refractivity contribution in [2.45, 2.75) is 30.7 Å². The second-order valence-corrected chi connectivity index (χ2v) is 6.41. The Bertz CT molecular complexity index is 647. The lowest BCUT2D eigenvalue weighted by Crippen LogP contribution is -2.60. The summed E-state index contributed by atoms with van der Waals surface area (Å²) < 4.78 is 25.4. The van der Waals surface area contributed by atoms with Crippen LogP contribution >= 0.6 is 7.82 Å². The summed E-state index contributed by atoms with van der Waals surface area (Å²) in [6, 6.07) is 4.74. The van der Waals surface area contributed by atoms with E-state index in [-0.39, 0.29) is 11.4 Å². The summed E-state index contributed by atoms with van der Waals surface area (Å²) in [6.07, 6.45) is -8.00. The fourth-order valence-electron chi connectivity index (χ4n) is 2.10. The minimum Gasteiger partial charge on any atom is -0.462 e. The van der Waals surface area contributed by atoms with Crippen LogP contribution in [0.5, 0.6) is 5.75 Å². The summed E-state index contributed by atoms with van der Waals surface area (Å²) in [6.45, 7) is -0.769. The molecule has 140 valence electrons. The van der Waals surface area contributed by atoms with E-state index in [1.165, 1.54) is 12.1 Å². The molecule has 0 bridgehead atoms. The number of hydrogen-bond acceptors (Lipinski definition) is 9. The number of nitrogens with zero attached hydrogens (tertiary/aromatic N) is 1. The zero-order valence-electron chi connectivity index (χ0n) is 12.5. The number of benzene rings is 1. The molecule has 0 amide bonds. The molecule has 1 aromatic carbocycles. The Morgan fingerprint density at radius 1 is 1.12 bits per heavy atom. The first-order chi connectivity index (χ1) is 11.6. The molecule has 0 spiro atoms. The third-order valence-electron chi connectivity index (χ3n) is 3.38. The van der Waals surface area contributed by atoms with Crippen LogP contribution < -0.4 is 4.74 Å². The Morgan fingerprint density at radius 2 is 1.72 bits per heavy atom. The van der Waals surface area contributed by atoms with Gasteiger partial charge in [-0.1, -0.05) is 0 Å². The number of phosphoric acid groups is 1. The van der Waals surface area contributed by atoms with E-state index in [1.807, 2.05) is 0 Å². The number of nitro benzene ring substituents is 1. The van der Waals surface area contributed by atoms with Gasteiger partial charge in [-0.15, -0.1) is 0 Å². The molecule has 0 saturated carbocycles. The summed E-state index contributed by atoms with van der Waals surface area (Å²) in [5.74, 6) is 0.0629. The van der Waals surface area contributed by atoms with E-state index < -0.39 is 50.1 Å². The highest BCUT2D eigenvalue weighted by Crippen LogP contribution is 2.37. The van der Waals surface area contributed by atoms with Gasteiger partial charge in [-0.3, -0.25) is 14.6 Å². The maximum absolute atomic E-state index is 10.7. The molecule has 0 aliphatic carbocycles. The molecule has 1 saturated heterocycles. The van der Waals surface area contributed by atoms with Gasteiger partial charge >= 0.3 is 7.82 Å². The van der Waals surface area contributed by atoms with Gasteiger partial charge in [-0.25, -0.2) is 4.57 Å². The summed E-state index contributed by atoms with van der Waals surface area (Å²) in [5.41, 5.74) is -0.194. The molecule has 0 radical (unpaired) electrons. The zero-order valence-corrected chi connectivity index (χ0v) is 13.4. The van der Waals surface area contributed by atoms with E-state index >= 15 is 0 Å². The van der Waals surface area contributed by atoms with Crippen LogP contribution in [0.4, 0.5) is 5.69 Å². The van der Waals surface area contributed by atoms with E-state index in [0.717, 1.165) is 12.1 Å². The number of ether oxygens (including phenoxy) is 2. The van der Waals surface area contributed by atoms with Crippen molar-refractivity contribution in [3.8, 4) is 5.75 Å². The van der Waals surface area contributed by atoms with E-state index in [1.54, 1.807) is 0 Å². The summed E-state index contributed by atoms with van der Waals surface area (Å²) in [5, 5.41) is 40.1. The highest BCUT2D eigenvalue weighted by Gasteiger charge is 2.45. The topological polar surface area (TPSA) is 189 Å². The molecule has 5 N–H and O–H groups in total. The summed E-state index contributed by atoms with van der Waals surface area (Å²) in [7, 11) is -4.84. The molecule has 1 aliphatic heterocycles. The van der Waals surface area contributed by atoms with Crippen molar-refractivity contribution < 1.29 is 48.6 Å². The monoisotopic (exact) mass is 381 g/mol. The predicted molar refractivity (Wildman–Crippen MR) is 78.4 cm³/mol. The number of hydrogen-bond donors (Lipinski definition) is 5. The molecule has 1 fully saturated rings. The van der Waals surface area contributed by atoms with Crippen LogP contribution in [-0.4, -0.2) is 67.3 Å². The molecule has 0 unspecified atom stereocenters. The minimum absolute atomic E-state index is 0.0629. The molecule has 1 aliphatic rings. The van der Waals surface area contributed by atoms with Gasteiger partial charge in [0.1, 0.15) is 30.2 Å². The molecule has 13 heteroatoms. The van der Waals surface area contributed by atoms with Crippen molar-refractivity contribution in [1.29, 1.82) is 0 Å². The van der Waals surface area contributed by atoms with E-state index in [4.69, 9.17) is 19.3 Å². The molecule has 1 heterocycles. The Labute approximate surface area is 140 Å². The Balaban J connectivity index is 2.07. The second-order valence-electron chi connectivity index (χ2n) is 5.17. The lowest BCUT2D eigenvalue weighted by molar-refractivity contribution is -0.384. The normalized spacial score (nSPS) is 30.0. The predicted octanol–water partition coefficient (Wildman–Crippen LogP) is -1.11. The number of rotatable bonds is 6. The smallest absolute Gasteiger partial charge is 0.462 e. The molecule has 2 rings (SSSR count). The Hall–Kier alpha value is -1.63. The average molecular weight is 381 g/mol. The summed E-state index contributed by atoms with van der Waals surface area (Å²) in [4.78, 5) is 27.3. The second kappa shape index (κ2) is 7.72. The first kappa shape index (κ1) is 19.7. The van der Waals surface area contributed by atoms with Gasteiger partial charge < -0.3 is 34.6 Å². The van der Waals surface area contributed by atoms with Crippen LogP contribution in [0.1, 0.15) is 0 Å². The van der Waals surface area contributed by atoms with Crippen molar-refractivity contribution in [2.75, 3.05) is 6.61 Å². The first-order valence-electron chi connectivity index (χ1n) is 6.89. The number of non-ortho nitro benzene ring substituents is 1. The Kier molecular flexibility index (Phi) is 6.08. The van der Waals surface area contributed by atoms with Crippen LogP contribution in [-0.2, 0) is 13.8 Å². The molecule has 5 atom stereocenters. The van der Waals surface area contributed by atoms with E-state index in [0.29, 0.717) is 0 Å². The molecule has 25 heavy (non-hydrogen) atoms. The molecular weight excluding hydrogens is 365 g/mol. The van der Waals surface area contributed by atoms with Crippen LogP contribution in [0.15, 0.2) is 24.3 Å². The SMILES string of the molecule is O=[N+]([O-])c1ccc(O[C@@H]2O[C@@H](COP(=O)(O)O)[C@H](O)[C@@H](O)[C@H]2O)cc1. The van der Waals surface area contributed by atoms with Gasteiger partial charge in [0.25, 0.3) is 5.69 Å². The number of phosphoric ester groups is 1. The van der Waals surface area contributed by atoms with Gasteiger partial charge in [0.2, 0.25) is 6.29 Å². The third-order valence-corrected chi connectivity index (χ3v) is 3.86. The van der Waals surface area contributed by atoms with E-state index in [2.05, 4.69) is 4.52 Å². The summed E-state index contributed by atoms with van der Waals surface area (Å²) >= 11 is 0. The Morgan fingerprint density at radius 3 is 2.24 bits per heavy atom. The standard InChI is InChI=1S/C12H16NO11P/c14-9-8(5-22-25(19,20)21)24-12(11(16)10(9)15)23-7-3-1-6(2-4-7)13(17)18/h1-4,8-12,14-16H,5H2,(H2,19,20,21)/t8-,9-,10+,11+,12+/m0/s1. The quantitative estimate of drug-likeness (QED) is 0.228. The highest BCUT2D eigenvalue weighted by atomic mass is 31.2. The lowest BCUT2D eigenvalue weighted by Gasteiger charge is -2.40. The lowest BCUT2D eigenvalue weighted by atomic mass is 9.99.